The molecule has 2 aromatic heterocycles. The molecule has 2 saturated heterocycles. The van der Waals surface area contributed by atoms with Crippen LogP contribution in [-0.2, 0) is 19.4 Å². The van der Waals surface area contributed by atoms with Crippen molar-refractivity contribution in [3.8, 4) is 0 Å². The van der Waals surface area contributed by atoms with Gasteiger partial charge in [0, 0.05) is 38.4 Å². The standard InChI is InChI=1S/C20H29N5O/c26-14-13-25-16-8-2-1-7-15(16)17-18(23-9-3-4-10-23)21-20(22-19(17)25)24-11-5-6-12-24/h26H,1-14H2. The summed E-state index contributed by atoms with van der Waals surface area (Å²) < 4.78 is 2.30. The quantitative estimate of drug-likeness (QED) is 0.913. The first-order valence-corrected chi connectivity index (χ1v) is 10.4. The molecule has 26 heavy (non-hydrogen) atoms. The van der Waals surface area contributed by atoms with Crippen LogP contribution in [0.2, 0.25) is 0 Å². The first-order chi connectivity index (χ1) is 12.9. The van der Waals surface area contributed by atoms with Gasteiger partial charge >= 0.3 is 0 Å². The van der Waals surface area contributed by atoms with Crippen molar-refractivity contribution in [1.29, 1.82) is 0 Å². The maximum Gasteiger partial charge on any atom is 0.229 e. The highest BCUT2D eigenvalue weighted by Gasteiger charge is 2.29. The normalized spacial score (nSPS) is 20.3. The Morgan fingerprint density at radius 3 is 2.23 bits per heavy atom. The summed E-state index contributed by atoms with van der Waals surface area (Å²) >= 11 is 0. The van der Waals surface area contributed by atoms with Crippen LogP contribution in [-0.4, -0.2) is 52.4 Å². The third kappa shape index (κ3) is 2.57. The zero-order valence-electron chi connectivity index (χ0n) is 15.6. The number of aryl methyl sites for hydroxylation is 1. The third-order valence-electron chi connectivity index (χ3n) is 6.30. The van der Waals surface area contributed by atoms with Crippen molar-refractivity contribution in [2.75, 3.05) is 42.6 Å². The van der Waals surface area contributed by atoms with Crippen molar-refractivity contribution in [1.82, 2.24) is 14.5 Å². The average Bonchev–Trinajstić information content (AvgIpc) is 3.43. The second-order valence-electron chi connectivity index (χ2n) is 7.94. The maximum absolute atomic E-state index is 9.68. The summed E-state index contributed by atoms with van der Waals surface area (Å²) in [6.07, 6.45) is 9.68. The van der Waals surface area contributed by atoms with E-state index in [1.807, 2.05) is 0 Å². The van der Waals surface area contributed by atoms with E-state index in [1.165, 1.54) is 55.2 Å². The Kier molecular flexibility index (Phi) is 4.23. The van der Waals surface area contributed by atoms with Crippen molar-refractivity contribution in [2.24, 2.45) is 0 Å². The molecule has 0 radical (unpaired) electrons. The molecule has 4 heterocycles. The lowest BCUT2D eigenvalue weighted by Crippen LogP contribution is -2.24. The maximum atomic E-state index is 9.68. The molecule has 0 bridgehead atoms. The highest BCUT2D eigenvalue weighted by atomic mass is 16.3. The number of nitrogens with zero attached hydrogens (tertiary/aromatic N) is 5. The second-order valence-corrected chi connectivity index (χ2v) is 7.94. The van der Waals surface area contributed by atoms with Gasteiger partial charge in [0.1, 0.15) is 11.5 Å². The van der Waals surface area contributed by atoms with Gasteiger partial charge in [0.05, 0.1) is 12.0 Å². The Morgan fingerprint density at radius 1 is 0.808 bits per heavy atom. The van der Waals surface area contributed by atoms with Crippen molar-refractivity contribution in [2.45, 2.75) is 57.9 Å². The fraction of sp³-hybridized carbons (Fsp3) is 0.700. The number of aromatic nitrogens is 3. The summed E-state index contributed by atoms with van der Waals surface area (Å²) in [7, 11) is 0. The van der Waals surface area contributed by atoms with Crippen LogP contribution in [0, 0.1) is 0 Å². The number of aliphatic hydroxyl groups excluding tert-OH is 1. The van der Waals surface area contributed by atoms with Crippen molar-refractivity contribution in [3.63, 3.8) is 0 Å². The van der Waals surface area contributed by atoms with Crippen LogP contribution >= 0.6 is 0 Å². The van der Waals surface area contributed by atoms with Crippen LogP contribution in [0.5, 0.6) is 0 Å². The summed E-state index contributed by atoms with van der Waals surface area (Å²) in [6.45, 7) is 5.13. The fourth-order valence-electron chi connectivity index (χ4n) is 5.03. The Bertz CT molecular complexity index is 802. The third-order valence-corrected chi connectivity index (χ3v) is 6.30. The van der Waals surface area contributed by atoms with E-state index in [0.29, 0.717) is 6.54 Å². The number of hydrogen-bond donors (Lipinski definition) is 1. The van der Waals surface area contributed by atoms with Gasteiger partial charge in [-0.05, 0) is 56.9 Å². The lowest BCUT2D eigenvalue weighted by molar-refractivity contribution is 0.275. The van der Waals surface area contributed by atoms with Crippen molar-refractivity contribution >= 4 is 22.8 Å². The fourth-order valence-corrected chi connectivity index (χ4v) is 5.03. The second kappa shape index (κ2) is 6.72. The molecule has 1 aliphatic carbocycles. The van der Waals surface area contributed by atoms with E-state index in [2.05, 4.69) is 14.4 Å². The van der Waals surface area contributed by atoms with Gasteiger partial charge < -0.3 is 19.5 Å². The monoisotopic (exact) mass is 355 g/mol. The molecule has 0 spiro atoms. The minimum Gasteiger partial charge on any atom is -0.395 e. The Balaban J connectivity index is 1.75. The number of fused-ring (bicyclic) bond motifs is 3. The molecule has 140 valence electrons. The van der Waals surface area contributed by atoms with Gasteiger partial charge in [-0.1, -0.05) is 0 Å². The van der Waals surface area contributed by atoms with Gasteiger partial charge in [-0.3, -0.25) is 0 Å². The highest BCUT2D eigenvalue weighted by molar-refractivity contribution is 5.94. The molecule has 5 rings (SSSR count). The molecule has 0 aromatic carbocycles. The topological polar surface area (TPSA) is 57.4 Å². The van der Waals surface area contributed by atoms with Crippen LogP contribution in [0.1, 0.15) is 49.8 Å². The molecule has 6 nitrogen and oxygen atoms in total. The van der Waals surface area contributed by atoms with Crippen LogP contribution in [0.25, 0.3) is 11.0 Å². The van der Waals surface area contributed by atoms with E-state index in [9.17, 15) is 5.11 Å². The molecule has 6 heteroatoms. The molecule has 0 unspecified atom stereocenters. The van der Waals surface area contributed by atoms with E-state index in [4.69, 9.17) is 9.97 Å². The molecule has 2 aliphatic heterocycles. The van der Waals surface area contributed by atoms with Crippen LogP contribution in [0.4, 0.5) is 11.8 Å². The molecule has 1 N–H and O–H groups in total. The van der Waals surface area contributed by atoms with Gasteiger partial charge in [-0.15, -0.1) is 0 Å². The zero-order chi connectivity index (χ0) is 17.5. The minimum absolute atomic E-state index is 0.165. The average molecular weight is 355 g/mol. The largest absolute Gasteiger partial charge is 0.395 e. The van der Waals surface area contributed by atoms with Crippen LogP contribution in [0.3, 0.4) is 0 Å². The Labute approximate surface area is 154 Å². The molecular weight excluding hydrogens is 326 g/mol. The smallest absolute Gasteiger partial charge is 0.229 e. The Hall–Kier alpha value is -1.82. The number of anilines is 2. The summed E-state index contributed by atoms with van der Waals surface area (Å²) in [4.78, 5) is 15.0. The number of rotatable bonds is 4. The predicted molar refractivity (Wildman–Crippen MR) is 104 cm³/mol. The van der Waals surface area contributed by atoms with Crippen LogP contribution in [0.15, 0.2) is 0 Å². The summed E-state index contributed by atoms with van der Waals surface area (Å²) in [5.41, 5.74) is 3.91. The van der Waals surface area contributed by atoms with Crippen LogP contribution < -0.4 is 9.80 Å². The number of aliphatic hydroxyl groups is 1. The van der Waals surface area contributed by atoms with Gasteiger partial charge in [0.15, 0.2) is 0 Å². The molecule has 2 aromatic rings. The molecule has 0 amide bonds. The van der Waals surface area contributed by atoms with E-state index in [-0.39, 0.29) is 6.61 Å². The van der Waals surface area contributed by atoms with E-state index >= 15 is 0 Å². The highest BCUT2D eigenvalue weighted by Crippen LogP contribution is 2.38. The molecule has 0 saturated carbocycles. The van der Waals surface area contributed by atoms with E-state index in [0.717, 1.165) is 56.4 Å². The van der Waals surface area contributed by atoms with E-state index < -0.39 is 0 Å². The predicted octanol–water partition coefficient (Wildman–Crippen LogP) is 2.50. The molecular formula is C20H29N5O. The zero-order valence-corrected chi connectivity index (χ0v) is 15.6. The minimum atomic E-state index is 0.165. The van der Waals surface area contributed by atoms with Gasteiger partial charge in [-0.2, -0.15) is 9.97 Å². The molecule has 2 fully saturated rings. The SMILES string of the molecule is OCCn1c2c(c3c(N4CCCC4)nc(N4CCCC4)nc31)CCCC2. The first-order valence-electron chi connectivity index (χ1n) is 10.4. The van der Waals surface area contributed by atoms with Crippen molar-refractivity contribution in [3.05, 3.63) is 11.3 Å². The van der Waals surface area contributed by atoms with Gasteiger partial charge in [0.2, 0.25) is 5.95 Å². The molecule has 0 atom stereocenters. The lowest BCUT2D eigenvalue weighted by Gasteiger charge is -2.22. The summed E-state index contributed by atoms with van der Waals surface area (Å²) in [5.74, 6) is 2.05. The van der Waals surface area contributed by atoms with Gasteiger partial charge in [-0.25, -0.2) is 0 Å². The lowest BCUT2D eigenvalue weighted by atomic mass is 9.96. The Morgan fingerprint density at radius 2 is 1.50 bits per heavy atom. The first kappa shape index (κ1) is 16.4. The van der Waals surface area contributed by atoms with E-state index in [1.54, 1.807) is 0 Å². The summed E-state index contributed by atoms with van der Waals surface area (Å²) in [6, 6.07) is 0. The molecule has 3 aliphatic rings. The van der Waals surface area contributed by atoms with Crippen molar-refractivity contribution < 1.29 is 5.11 Å². The van der Waals surface area contributed by atoms with Gasteiger partial charge in [0.25, 0.3) is 0 Å². The number of hydrogen-bond acceptors (Lipinski definition) is 5. The summed E-state index contributed by atoms with van der Waals surface area (Å²) in [5, 5.41) is 11.0.